The highest BCUT2D eigenvalue weighted by atomic mass is 35.5. The van der Waals surface area contributed by atoms with Crippen molar-refractivity contribution >= 4 is 40.9 Å². The van der Waals surface area contributed by atoms with Crippen molar-refractivity contribution in [3.05, 3.63) is 99.0 Å². The number of amides is 1. The zero-order valence-electron chi connectivity index (χ0n) is 16.9. The van der Waals surface area contributed by atoms with Gasteiger partial charge in [-0.15, -0.1) is 0 Å². The van der Waals surface area contributed by atoms with Gasteiger partial charge in [0, 0.05) is 22.2 Å². The number of hydrogen-bond donors (Lipinski definition) is 1. The normalized spacial score (nSPS) is 11.0. The van der Waals surface area contributed by atoms with Gasteiger partial charge in [-0.3, -0.25) is 4.79 Å². The van der Waals surface area contributed by atoms with Crippen LogP contribution in [0.25, 0.3) is 6.08 Å². The van der Waals surface area contributed by atoms with Gasteiger partial charge in [0.2, 0.25) is 0 Å². The molecule has 0 saturated heterocycles. The summed E-state index contributed by atoms with van der Waals surface area (Å²) in [5.41, 5.74) is 3.19. The standard InChI is InChI=1S/C25H20Cl2N2O2/c1-2-31-24-14-17(7-8-19(24)15-18-5-3-4-6-23(18)27)13-20(16-28)25(30)29-22-11-9-21(26)10-12-22/h3-14H,2,15H2,1H3,(H,29,30)/b20-13+. The number of nitrogens with one attached hydrogen (secondary N) is 1. The van der Waals surface area contributed by atoms with Gasteiger partial charge >= 0.3 is 0 Å². The van der Waals surface area contributed by atoms with Gasteiger partial charge in [-0.05, 0) is 66.1 Å². The molecule has 0 atom stereocenters. The van der Waals surface area contributed by atoms with Crippen molar-refractivity contribution in [1.29, 1.82) is 5.26 Å². The molecule has 3 aromatic rings. The molecule has 0 fully saturated rings. The molecule has 0 heterocycles. The number of carbonyl (C=O) groups excluding carboxylic acids is 1. The number of nitrogens with zero attached hydrogens (tertiary/aromatic N) is 1. The van der Waals surface area contributed by atoms with E-state index in [-0.39, 0.29) is 5.57 Å². The second-order valence-electron chi connectivity index (χ2n) is 6.70. The zero-order valence-corrected chi connectivity index (χ0v) is 18.4. The fourth-order valence-electron chi connectivity index (χ4n) is 2.99. The number of rotatable bonds is 7. The number of nitriles is 1. The Labute approximate surface area is 191 Å². The second-order valence-corrected chi connectivity index (χ2v) is 7.54. The molecule has 156 valence electrons. The maximum Gasteiger partial charge on any atom is 0.266 e. The van der Waals surface area contributed by atoms with E-state index < -0.39 is 5.91 Å². The molecule has 3 rings (SSSR count). The van der Waals surface area contributed by atoms with E-state index >= 15 is 0 Å². The molecule has 0 aromatic heterocycles. The van der Waals surface area contributed by atoms with Crippen LogP contribution < -0.4 is 10.1 Å². The van der Waals surface area contributed by atoms with Gasteiger partial charge in [-0.25, -0.2) is 0 Å². The summed E-state index contributed by atoms with van der Waals surface area (Å²) in [4.78, 5) is 12.5. The summed E-state index contributed by atoms with van der Waals surface area (Å²) in [5.74, 6) is 0.189. The van der Waals surface area contributed by atoms with Crippen molar-refractivity contribution in [2.24, 2.45) is 0 Å². The quantitative estimate of drug-likeness (QED) is 0.328. The Morgan fingerprint density at radius 2 is 1.81 bits per heavy atom. The van der Waals surface area contributed by atoms with Gasteiger partial charge in [-0.2, -0.15) is 5.26 Å². The Kier molecular flexibility index (Phi) is 7.72. The first-order chi connectivity index (χ1) is 15.0. The van der Waals surface area contributed by atoms with Gasteiger partial charge in [-0.1, -0.05) is 53.5 Å². The minimum Gasteiger partial charge on any atom is -0.494 e. The molecule has 1 N–H and O–H groups in total. The van der Waals surface area contributed by atoms with Gasteiger partial charge in [0.15, 0.2) is 0 Å². The Morgan fingerprint density at radius 3 is 2.48 bits per heavy atom. The van der Waals surface area contributed by atoms with Gasteiger partial charge in [0.1, 0.15) is 17.4 Å². The molecule has 0 aliphatic heterocycles. The van der Waals surface area contributed by atoms with Gasteiger partial charge in [0.25, 0.3) is 5.91 Å². The van der Waals surface area contributed by atoms with E-state index in [4.69, 9.17) is 27.9 Å². The smallest absolute Gasteiger partial charge is 0.266 e. The van der Waals surface area contributed by atoms with Crippen LogP contribution in [0.4, 0.5) is 5.69 Å². The van der Waals surface area contributed by atoms with Crippen LogP contribution in [-0.4, -0.2) is 12.5 Å². The summed E-state index contributed by atoms with van der Waals surface area (Å²) >= 11 is 12.2. The summed E-state index contributed by atoms with van der Waals surface area (Å²) in [6.07, 6.45) is 2.15. The fraction of sp³-hybridized carbons (Fsp3) is 0.120. The summed E-state index contributed by atoms with van der Waals surface area (Å²) in [5, 5.41) is 13.4. The first-order valence-electron chi connectivity index (χ1n) is 9.68. The summed E-state index contributed by atoms with van der Waals surface area (Å²) < 4.78 is 5.80. The first kappa shape index (κ1) is 22.4. The second kappa shape index (κ2) is 10.7. The lowest BCUT2D eigenvalue weighted by Gasteiger charge is -2.12. The van der Waals surface area contributed by atoms with Crippen molar-refractivity contribution in [1.82, 2.24) is 0 Å². The predicted molar refractivity (Wildman–Crippen MR) is 126 cm³/mol. The van der Waals surface area contributed by atoms with Crippen LogP contribution in [0.15, 0.2) is 72.3 Å². The average molecular weight is 451 g/mol. The maximum absolute atomic E-state index is 12.5. The van der Waals surface area contributed by atoms with E-state index in [0.29, 0.717) is 40.1 Å². The first-order valence-corrected chi connectivity index (χ1v) is 10.4. The molecule has 0 unspecified atom stereocenters. The Balaban J connectivity index is 1.85. The molecule has 4 nitrogen and oxygen atoms in total. The highest BCUT2D eigenvalue weighted by molar-refractivity contribution is 6.31. The Morgan fingerprint density at radius 1 is 1.06 bits per heavy atom. The predicted octanol–water partition coefficient (Wildman–Crippen LogP) is 6.53. The Hall–Kier alpha value is -3.26. The summed E-state index contributed by atoms with van der Waals surface area (Å²) in [6, 6.07) is 21.9. The van der Waals surface area contributed by atoms with Crippen LogP contribution in [0.1, 0.15) is 23.6 Å². The SMILES string of the molecule is CCOc1cc(/C=C(\C#N)C(=O)Nc2ccc(Cl)cc2)ccc1Cc1ccccc1Cl. The fourth-order valence-corrected chi connectivity index (χ4v) is 3.32. The molecule has 0 saturated carbocycles. The van der Waals surface area contributed by atoms with Crippen LogP contribution in [0.5, 0.6) is 5.75 Å². The minimum absolute atomic E-state index is 0.0174. The van der Waals surface area contributed by atoms with Crippen molar-refractivity contribution in [3.63, 3.8) is 0 Å². The van der Waals surface area contributed by atoms with Gasteiger partial charge in [0.05, 0.1) is 6.61 Å². The molecule has 0 bridgehead atoms. The molecular weight excluding hydrogens is 431 g/mol. The maximum atomic E-state index is 12.5. The molecule has 1 amide bonds. The molecule has 0 radical (unpaired) electrons. The number of hydrogen-bond acceptors (Lipinski definition) is 3. The summed E-state index contributed by atoms with van der Waals surface area (Å²) in [6.45, 7) is 2.40. The van der Waals surface area contributed by atoms with E-state index in [1.807, 2.05) is 55.5 Å². The lowest BCUT2D eigenvalue weighted by atomic mass is 10.0. The molecule has 31 heavy (non-hydrogen) atoms. The third kappa shape index (κ3) is 6.11. The van der Waals surface area contributed by atoms with Crippen molar-refractivity contribution in [2.75, 3.05) is 11.9 Å². The van der Waals surface area contributed by atoms with Crippen LogP contribution in [-0.2, 0) is 11.2 Å². The van der Waals surface area contributed by atoms with E-state index in [1.165, 1.54) is 6.08 Å². The highest BCUT2D eigenvalue weighted by Crippen LogP contribution is 2.27. The molecule has 0 aliphatic carbocycles. The Bertz CT molecular complexity index is 1150. The van der Waals surface area contributed by atoms with E-state index in [2.05, 4.69) is 5.32 Å². The van der Waals surface area contributed by atoms with E-state index in [0.717, 1.165) is 11.1 Å². The van der Waals surface area contributed by atoms with Crippen LogP contribution >= 0.6 is 23.2 Å². The van der Waals surface area contributed by atoms with E-state index in [9.17, 15) is 10.1 Å². The van der Waals surface area contributed by atoms with Crippen LogP contribution in [0.2, 0.25) is 10.0 Å². The van der Waals surface area contributed by atoms with E-state index in [1.54, 1.807) is 24.3 Å². The molecule has 3 aromatic carbocycles. The number of anilines is 1. The lowest BCUT2D eigenvalue weighted by molar-refractivity contribution is -0.112. The molecule has 6 heteroatoms. The molecular formula is C25H20Cl2N2O2. The zero-order chi connectivity index (χ0) is 22.2. The number of benzene rings is 3. The minimum atomic E-state index is -0.497. The van der Waals surface area contributed by atoms with Crippen LogP contribution in [0.3, 0.4) is 0 Å². The monoisotopic (exact) mass is 450 g/mol. The number of carbonyl (C=O) groups is 1. The van der Waals surface area contributed by atoms with Crippen molar-refractivity contribution in [3.8, 4) is 11.8 Å². The third-order valence-electron chi connectivity index (χ3n) is 4.51. The largest absolute Gasteiger partial charge is 0.494 e. The number of ether oxygens (including phenoxy) is 1. The summed E-state index contributed by atoms with van der Waals surface area (Å²) in [7, 11) is 0. The molecule has 0 aliphatic rings. The van der Waals surface area contributed by atoms with Gasteiger partial charge < -0.3 is 10.1 Å². The van der Waals surface area contributed by atoms with Crippen molar-refractivity contribution < 1.29 is 9.53 Å². The highest BCUT2D eigenvalue weighted by Gasteiger charge is 2.12. The topological polar surface area (TPSA) is 62.1 Å². The average Bonchev–Trinajstić information content (AvgIpc) is 2.77. The number of halogens is 2. The lowest BCUT2D eigenvalue weighted by Crippen LogP contribution is -2.13. The van der Waals surface area contributed by atoms with Crippen LogP contribution in [0, 0.1) is 11.3 Å². The molecule has 0 spiro atoms. The third-order valence-corrected chi connectivity index (χ3v) is 5.13. The van der Waals surface area contributed by atoms with Crippen molar-refractivity contribution in [2.45, 2.75) is 13.3 Å².